The van der Waals surface area contributed by atoms with Crippen LogP contribution in [0.5, 0.6) is 5.75 Å². The molecule has 0 aliphatic heterocycles. The van der Waals surface area contributed by atoms with Gasteiger partial charge in [0.1, 0.15) is 12.4 Å². The molecule has 2 aromatic rings. The summed E-state index contributed by atoms with van der Waals surface area (Å²) < 4.78 is 9.85. The third-order valence-electron chi connectivity index (χ3n) is 3.04. The largest absolute Gasteiger partial charge is 1.00 e. The number of carbonyl (C=O) groups excluding carboxylic acids is 2. The van der Waals surface area contributed by atoms with Gasteiger partial charge >= 0.3 is 35.5 Å². The monoisotopic (exact) mass is 334 g/mol. The van der Waals surface area contributed by atoms with Crippen LogP contribution in [-0.4, -0.2) is 18.9 Å². The molecule has 0 atom stereocenters. The summed E-state index contributed by atoms with van der Waals surface area (Å²) in [5, 5.41) is 11.3. The Morgan fingerprint density at radius 1 is 1.04 bits per heavy atom. The predicted octanol–water partition coefficient (Wildman–Crippen LogP) is -1.13. The van der Waals surface area contributed by atoms with Crippen LogP contribution in [0.1, 0.15) is 15.9 Å². The number of hydrogen-bond donors (Lipinski definition) is 0. The molecule has 0 aromatic heterocycles. The zero-order valence-electron chi connectivity index (χ0n) is 13.5. The number of rotatable bonds is 6. The molecule has 0 unspecified atom stereocenters. The molecule has 2 rings (SSSR count). The van der Waals surface area contributed by atoms with Gasteiger partial charge in [0, 0.05) is 5.56 Å². The second kappa shape index (κ2) is 9.93. The first-order valence-electron chi connectivity index (χ1n) is 6.88. The molecule has 0 spiro atoms. The first-order chi connectivity index (χ1) is 11.1. The Morgan fingerprint density at radius 3 is 2.25 bits per heavy atom. The van der Waals surface area contributed by atoms with Crippen LogP contribution in [-0.2, 0) is 16.1 Å². The van der Waals surface area contributed by atoms with Gasteiger partial charge in [0.2, 0.25) is 0 Å². The van der Waals surface area contributed by atoms with Crippen LogP contribution < -0.4 is 39.4 Å². The fourth-order valence-electron chi connectivity index (χ4n) is 1.82. The molecule has 24 heavy (non-hydrogen) atoms. The molecule has 6 heteroatoms. The van der Waals surface area contributed by atoms with Crippen molar-refractivity contribution < 1.29 is 53.7 Å². The van der Waals surface area contributed by atoms with Crippen LogP contribution in [0, 0.1) is 0 Å². The average molecular weight is 334 g/mol. The van der Waals surface area contributed by atoms with Gasteiger partial charge in [-0.15, -0.1) is 0 Å². The van der Waals surface area contributed by atoms with E-state index in [0.717, 1.165) is 12.7 Å². The number of allylic oxidation sites excluding steroid dienone is 1. The van der Waals surface area contributed by atoms with E-state index >= 15 is 0 Å². The third kappa shape index (κ3) is 5.85. The van der Waals surface area contributed by atoms with Crippen molar-refractivity contribution in [3.05, 3.63) is 77.6 Å². The predicted molar refractivity (Wildman–Crippen MR) is 81.6 cm³/mol. The quantitative estimate of drug-likeness (QED) is 0.220. The maximum absolute atomic E-state index is 11.8. The van der Waals surface area contributed by atoms with E-state index in [1.165, 1.54) is 12.1 Å². The zero-order chi connectivity index (χ0) is 16.7. The van der Waals surface area contributed by atoms with Crippen LogP contribution in [0.15, 0.2) is 66.4 Å². The minimum atomic E-state index is -1.07. The first kappa shape index (κ1) is 20.0. The van der Waals surface area contributed by atoms with E-state index in [4.69, 9.17) is 4.74 Å². The van der Waals surface area contributed by atoms with Gasteiger partial charge < -0.3 is 14.6 Å². The number of carbonyl (C=O) groups is 2. The van der Waals surface area contributed by atoms with Crippen molar-refractivity contribution in [1.82, 2.24) is 0 Å². The van der Waals surface area contributed by atoms with Crippen molar-refractivity contribution in [3.63, 3.8) is 0 Å². The van der Waals surface area contributed by atoms with Crippen LogP contribution in [0.2, 0.25) is 0 Å². The number of ether oxygens (including phenoxy) is 2. The summed E-state index contributed by atoms with van der Waals surface area (Å²) in [6.07, 6.45) is 0.714. The van der Waals surface area contributed by atoms with Crippen molar-refractivity contribution in [3.8, 4) is 5.75 Å². The van der Waals surface area contributed by atoms with Gasteiger partial charge in [-0.2, -0.15) is 0 Å². The zero-order valence-corrected chi connectivity index (χ0v) is 15.5. The molecule has 118 valence electrons. The van der Waals surface area contributed by atoms with Gasteiger partial charge in [-0.3, -0.25) is 4.79 Å². The minimum absolute atomic E-state index is 0. The maximum Gasteiger partial charge on any atom is 1.00 e. The Hall–Kier alpha value is -2.08. The fraction of sp³-hybridized carbons (Fsp3) is 0.111. The molecule has 5 nitrogen and oxygen atoms in total. The van der Waals surface area contributed by atoms with Crippen molar-refractivity contribution >= 4 is 11.8 Å². The normalized spacial score (nSPS) is 10.5. The Kier molecular flexibility index (Phi) is 8.26. The molecular formula is C18H15NaO5. The molecule has 0 amide bonds. The van der Waals surface area contributed by atoms with Gasteiger partial charge in [0.25, 0.3) is 0 Å². The Balaban J connectivity index is 0.00000288. The van der Waals surface area contributed by atoms with Gasteiger partial charge in [-0.1, -0.05) is 30.3 Å². The molecule has 0 heterocycles. The smallest absolute Gasteiger partial charge is 0.867 e. The molecule has 0 aliphatic rings. The summed E-state index contributed by atoms with van der Waals surface area (Å²) in [4.78, 5) is 22.8. The van der Waals surface area contributed by atoms with Crippen molar-refractivity contribution in [2.45, 2.75) is 6.61 Å². The molecule has 2 aromatic carbocycles. The third-order valence-corrected chi connectivity index (χ3v) is 3.04. The van der Waals surface area contributed by atoms with Crippen molar-refractivity contribution in [2.75, 3.05) is 7.11 Å². The Labute approximate surface area is 162 Å². The molecule has 0 N–H and O–H groups in total. The number of hydrogen-bond acceptors (Lipinski definition) is 5. The van der Waals surface area contributed by atoms with E-state index in [0.29, 0.717) is 18.4 Å². The molecular weight excluding hydrogens is 319 g/mol. The molecule has 0 bridgehead atoms. The van der Waals surface area contributed by atoms with Gasteiger partial charge in [0.15, 0.2) is 5.78 Å². The minimum Gasteiger partial charge on any atom is -0.867 e. The maximum atomic E-state index is 11.8. The van der Waals surface area contributed by atoms with Crippen molar-refractivity contribution in [2.24, 2.45) is 0 Å². The van der Waals surface area contributed by atoms with E-state index in [1.807, 2.05) is 30.3 Å². The topological polar surface area (TPSA) is 75.7 Å². The number of esters is 1. The SMILES string of the molecule is COC(=O)/C([O-])=C/C(=O)c1ccc(OCc2ccccc2)cc1.[Na+]. The second-order valence-corrected chi connectivity index (χ2v) is 4.66. The molecule has 0 saturated heterocycles. The van der Waals surface area contributed by atoms with E-state index < -0.39 is 17.5 Å². The van der Waals surface area contributed by atoms with Crippen molar-refractivity contribution in [1.29, 1.82) is 0 Å². The fourth-order valence-corrected chi connectivity index (χ4v) is 1.82. The number of benzene rings is 2. The van der Waals surface area contributed by atoms with Crippen LogP contribution in [0.4, 0.5) is 0 Å². The van der Waals surface area contributed by atoms with E-state index in [9.17, 15) is 14.7 Å². The van der Waals surface area contributed by atoms with Gasteiger partial charge in [-0.05, 0) is 41.7 Å². The van der Waals surface area contributed by atoms with Crippen LogP contribution in [0.25, 0.3) is 0 Å². The summed E-state index contributed by atoms with van der Waals surface area (Å²) >= 11 is 0. The first-order valence-corrected chi connectivity index (χ1v) is 6.88. The van der Waals surface area contributed by atoms with Crippen LogP contribution >= 0.6 is 0 Å². The molecule has 0 radical (unpaired) electrons. The summed E-state index contributed by atoms with van der Waals surface area (Å²) in [6.45, 7) is 0.418. The summed E-state index contributed by atoms with van der Waals surface area (Å²) in [5.74, 6) is -2.01. The summed E-state index contributed by atoms with van der Waals surface area (Å²) in [6, 6.07) is 16.0. The number of ketones is 1. The molecule has 0 fully saturated rings. The second-order valence-electron chi connectivity index (χ2n) is 4.66. The standard InChI is InChI=1S/C18H16O5.Na/c1-22-18(21)17(20)11-16(19)14-7-9-15(10-8-14)23-12-13-5-3-2-4-6-13;/h2-11,20H,12H2,1H3;/q;+1/p-1/b17-11-;. The van der Waals surface area contributed by atoms with E-state index in [2.05, 4.69) is 4.74 Å². The Bertz CT molecular complexity index is 708. The summed E-state index contributed by atoms with van der Waals surface area (Å²) in [5.41, 5.74) is 1.32. The van der Waals surface area contributed by atoms with Gasteiger partial charge in [0.05, 0.1) is 7.11 Å². The van der Waals surface area contributed by atoms with Crippen LogP contribution in [0.3, 0.4) is 0 Å². The molecule has 0 saturated carbocycles. The van der Waals surface area contributed by atoms with E-state index in [-0.39, 0.29) is 35.1 Å². The van der Waals surface area contributed by atoms with Gasteiger partial charge in [-0.25, -0.2) is 4.79 Å². The summed E-state index contributed by atoms with van der Waals surface area (Å²) in [7, 11) is 1.08. The van der Waals surface area contributed by atoms with E-state index in [1.54, 1.807) is 12.1 Å². The average Bonchev–Trinajstić information content (AvgIpc) is 2.60. The number of methoxy groups -OCH3 is 1. The molecule has 0 aliphatic carbocycles. The Morgan fingerprint density at radius 2 is 1.67 bits per heavy atom.